The van der Waals surface area contributed by atoms with Crippen molar-refractivity contribution in [1.82, 2.24) is 14.7 Å². The maximum Gasteiger partial charge on any atom is 0.330 e. The summed E-state index contributed by atoms with van der Waals surface area (Å²) >= 11 is 0. The minimum Gasteiger partial charge on any atom is -0.383 e. The monoisotopic (exact) mass is 363 g/mol. The summed E-state index contributed by atoms with van der Waals surface area (Å²) in [6.45, 7) is 13.3. The van der Waals surface area contributed by atoms with Crippen LogP contribution in [-0.2, 0) is 13.1 Å². The van der Waals surface area contributed by atoms with Crippen molar-refractivity contribution in [2.24, 2.45) is 11.8 Å². The Morgan fingerprint density at radius 2 is 1.85 bits per heavy atom. The van der Waals surface area contributed by atoms with Crippen molar-refractivity contribution in [2.45, 2.75) is 54.6 Å². The van der Waals surface area contributed by atoms with Crippen LogP contribution in [-0.4, -0.2) is 21.3 Å². The van der Waals surface area contributed by atoms with Crippen LogP contribution in [0.2, 0.25) is 0 Å². The summed E-state index contributed by atoms with van der Waals surface area (Å²) in [4.78, 5) is 29.1. The van der Waals surface area contributed by atoms with E-state index in [1.807, 2.05) is 32.6 Å². The average Bonchev–Trinajstić information content (AvgIpc) is 2.82. The Labute approximate surface area is 153 Å². The summed E-state index contributed by atoms with van der Waals surface area (Å²) < 4.78 is 6.68. The van der Waals surface area contributed by atoms with E-state index in [1.165, 1.54) is 4.57 Å². The topological polar surface area (TPSA) is 110 Å². The minimum atomic E-state index is -0.480. The predicted molar refractivity (Wildman–Crippen MR) is 102 cm³/mol. The van der Waals surface area contributed by atoms with Crippen LogP contribution in [0.5, 0.6) is 0 Å². The van der Waals surface area contributed by atoms with Crippen LogP contribution in [0.4, 0.5) is 11.5 Å². The van der Waals surface area contributed by atoms with Gasteiger partial charge in [0.2, 0.25) is 0 Å². The molecule has 2 heterocycles. The van der Waals surface area contributed by atoms with Gasteiger partial charge in [-0.25, -0.2) is 4.79 Å². The van der Waals surface area contributed by atoms with Gasteiger partial charge in [-0.3, -0.25) is 14.3 Å². The fourth-order valence-electron chi connectivity index (χ4n) is 3.02. The number of anilines is 2. The number of nitrogens with zero attached hydrogens (tertiary/aromatic N) is 3. The van der Waals surface area contributed by atoms with Crippen molar-refractivity contribution in [3.05, 3.63) is 37.9 Å². The van der Waals surface area contributed by atoms with Crippen LogP contribution in [0.25, 0.3) is 0 Å². The molecule has 0 aromatic carbocycles. The van der Waals surface area contributed by atoms with E-state index < -0.39 is 11.2 Å². The molecule has 8 heteroatoms. The third-order valence-electron chi connectivity index (χ3n) is 4.19. The van der Waals surface area contributed by atoms with Crippen molar-refractivity contribution in [3.63, 3.8) is 0 Å². The number of aromatic amines is 1. The molecule has 0 bridgehead atoms. The molecule has 2 aromatic heterocycles. The van der Waals surface area contributed by atoms with Gasteiger partial charge in [0.1, 0.15) is 17.3 Å². The highest BCUT2D eigenvalue weighted by Crippen LogP contribution is 2.23. The molecule has 0 fully saturated rings. The summed E-state index contributed by atoms with van der Waals surface area (Å²) in [6, 6.07) is 0. The van der Waals surface area contributed by atoms with Crippen molar-refractivity contribution >= 4 is 11.5 Å². The van der Waals surface area contributed by atoms with Crippen molar-refractivity contribution in [2.75, 3.05) is 17.2 Å². The summed E-state index contributed by atoms with van der Waals surface area (Å²) in [6.07, 6.45) is 0. The van der Waals surface area contributed by atoms with Crippen LogP contribution in [0, 0.1) is 25.7 Å². The molecule has 26 heavy (non-hydrogen) atoms. The summed E-state index contributed by atoms with van der Waals surface area (Å²) in [5.41, 5.74) is 7.35. The normalized spacial score (nSPS) is 11.5. The first-order chi connectivity index (χ1) is 12.1. The molecule has 0 atom stereocenters. The largest absolute Gasteiger partial charge is 0.383 e. The molecule has 0 aliphatic rings. The van der Waals surface area contributed by atoms with E-state index >= 15 is 0 Å². The molecule has 0 saturated heterocycles. The first-order valence-electron chi connectivity index (χ1n) is 8.91. The SMILES string of the molecule is Cc1noc(C)c1CN(CC(C)C)c1c(N)n(CC(C)C)c(=O)[nH]c1=O. The Kier molecular flexibility index (Phi) is 5.94. The van der Waals surface area contributed by atoms with Crippen LogP contribution in [0.1, 0.15) is 44.7 Å². The lowest BCUT2D eigenvalue weighted by Crippen LogP contribution is -2.40. The minimum absolute atomic E-state index is 0.194. The number of rotatable bonds is 7. The number of nitrogens with two attached hydrogens (primary N) is 1. The van der Waals surface area contributed by atoms with E-state index in [-0.39, 0.29) is 11.7 Å². The Morgan fingerprint density at radius 3 is 2.35 bits per heavy atom. The van der Waals surface area contributed by atoms with Crippen LogP contribution in [0.3, 0.4) is 0 Å². The summed E-state index contributed by atoms with van der Waals surface area (Å²) in [5.74, 6) is 1.41. The predicted octanol–water partition coefficient (Wildman–Crippen LogP) is 2.04. The highest BCUT2D eigenvalue weighted by Gasteiger charge is 2.22. The molecule has 0 saturated carbocycles. The third-order valence-corrected chi connectivity index (χ3v) is 4.19. The lowest BCUT2D eigenvalue weighted by molar-refractivity contribution is 0.392. The first kappa shape index (κ1) is 19.8. The number of nitrogen functional groups attached to an aromatic ring is 1. The second-order valence-corrected chi connectivity index (χ2v) is 7.57. The van der Waals surface area contributed by atoms with Gasteiger partial charge in [0.05, 0.1) is 5.69 Å². The molecule has 0 amide bonds. The van der Waals surface area contributed by atoms with Crippen LogP contribution in [0.15, 0.2) is 14.1 Å². The Morgan fingerprint density at radius 1 is 1.19 bits per heavy atom. The number of H-pyrrole nitrogens is 1. The van der Waals surface area contributed by atoms with Gasteiger partial charge in [0.25, 0.3) is 5.56 Å². The van der Waals surface area contributed by atoms with E-state index in [2.05, 4.69) is 24.0 Å². The molecule has 2 aromatic rings. The first-order valence-corrected chi connectivity index (χ1v) is 8.91. The molecule has 0 aliphatic carbocycles. The zero-order chi connectivity index (χ0) is 19.6. The highest BCUT2D eigenvalue weighted by atomic mass is 16.5. The quantitative estimate of drug-likeness (QED) is 0.779. The van der Waals surface area contributed by atoms with E-state index in [0.717, 1.165) is 11.3 Å². The second kappa shape index (κ2) is 7.80. The van der Waals surface area contributed by atoms with Crippen LogP contribution < -0.4 is 21.9 Å². The van der Waals surface area contributed by atoms with Gasteiger partial charge in [0, 0.05) is 25.2 Å². The number of aryl methyl sites for hydroxylation is 2. The fraction of sp³-hybridized carbons (Fsp3) is 0.611. The highest BCUT2D eigenvalue weighted by molar-refractivity contribution is 5.62. The van der Waals surface area contributed by atoms with E-state index in [9.17, 15) is 9.59 Å². The Bertz CT molecular complexity index is 856. The molecule has 0 unspecified atom stereocenters. The average molecular weight is 363 g/mol. The van der Waals surface area contributed by atoms with Crippen molar-refractivity contribution in [1.29, 1.82) is 0 Å². The summed E-state index contributed by atoms with van der Waals surface area (Å²) in [7, 11) is 0. The molecular weight excluding hydrogens is 334 g/mol. The fourth-order valence-corrected chi connectivity index (χ4v) is 3.02. The van der Waals surface area contributed by atoms with Gasteiger partial charge in [0.15, 0.2) is 0 Å². The maximum atomic E-state index is 12.6. The number of hydrogen-bond donors (Lipinski definition) is 2. The lowest BCUT2D eigenvalue weighted by atomic mass is 10.1. The second-order valence-electron chi connectivity index (χ2n) is 7.57. The zero-order valence-corrected chi connectivity index (χ0v) is 16.4. The Hall–Kier alpha value is -2.51. The van der Waals surface area contributed by atoms with Gasteiger partial charge in [-0.15, -0.1) is 0 Å². The van der Waals surface area contributed by atoms with Crippen molar-refractivity contribution < 1.29 is 4.52 Å². The van der Waals surface area contributed by atoms with Gasteiger partial charge < -0.3 is 15.2 Å². The Balaban J connectivity index is 2.58. The van der Waals surface area contributed by atoms with Crippen LogP contribution >= 0.6 is 0 Å². The van der Waals surface area contributed by atoms with Gasteiger partial charge in [-0.2, -0.15) is 0 Å². The number of nitrogens with one attached hydrogen (secondary N) is 1. The lowest BCUT2D eigenvalue weighted by Gasteiger charge is -2.28. The molecule has 0 spiro atoms. The molecule has 3 N–H and O–H groups in total. The van der Waals surface area contributed by atoms with Gasteiger partial charge in [-0.05, 0) is 25.7 Å². The van der Waals surface area contributed by atoms with Gasteiger partial charge >= 0.3 is 5.69 Å². The van der Waals surface area contributed by atoms with Crippen molar-refractivity contribution in [3.8, 4) is 0 Å². The van der Waals surface area contributed by atoms with E-state index in [0.29, 0.717) is 37.0 Å². The molecule has 2 rings (SSSR count). The third kappa shape index (κ3) is 4.17. The molecule has 0 radical (unpaired) electrons. The number of aromatic nitrogens is 3. The summed E-state index contributed by atoms with van der Waals surface area (Å²) in [5, 5.41) is 3.98. The maximum absolute atomic E-state index is 12.6. The molecule has 8 nitrogen and oxygen atoms in total. The number of hydrogen-bond acceptors (Lipinski definition) is 6. The smallest absolute Gasteiger partial charge is 0.330 e. The molecule has 0 aliphatic heterocycles. The van der Waals surface area contributed by atoms with E-state index in [1.54, 1.807) is 0 Å². The molecular formula is C18H29N5O3. The standard InChI is InChI=1S/C18H29N5O3/c1-10(2)7-22(9-14-12(5)21-26-13(14)6)15-16(19)23(8-11(3)4)18(25)20-17(15)24/h10-11H,7-9,19H2,1-6H3,(H,20,24,25). The zero-order valence-electron chi connectivity index (χ0n) is 16.4. The molecule has 144 valence electrons. The van der Waals surface area contributed by atoms with Gasteiger partial charge in [-0.1, -0.05) is 32.9 Å². The van der Waals surface area contributed by atoms with E-state index in [4.69, 9.17) is 10.3 Å².